The molecule has 3 N–H and O–H groups in total. The first-order valence-electron chi connectivity index (χ1n) is 12.5. The van der Waals surface area contributed by atoms with Crippen LogP contribution in [0.2, 0.25) is 0 Å². The minimum Gasteiger partial charge on any atom is -0.505 e. The maximum Gasteiger partial charge on any atom is 0.253 e. The molecule has 1 aliphatic rings. The Morgan fingerprint density at radius 1 is 0.892 bits per heavy atom. The lowest BCUT2D eigenvalue weighted by Gasteiger charge is -2.34. The molecule has 190 valence electrons. The molecule has 0 amide bonds. The van der Waals surface area contributed by atoms with Crippen molar-refractivity contribution in [3.8, 4) is 5.75 Å². The Labute approximate surface area is 215 Å². The number of phenolic OH excluding ortho intramolecular Hbond substituents is 1. The van der Waals surface area contributed by atoms with Crippen molar-refractivity contribution in [3.63, 3.8) is 0 Å². The summed E-state index contributed by atoms with van der Waals surface area (Å²) in [4.78, 5) is 37.9. The Morgan fingerprint density at radius 2 is 1.59 bits per heavy atom. The summed E-state index contributed by atoms with van der Waals surface area (Å²) in [6.07, 6.45) is 4.23. The third-order valence-corrected chi connectivity index (χ3v) is 6.82. The van der Waals surface area contributed by atoms with Crippen molar-refractivity contribution in [2.24, 2.45) is 0 Å². The molecule has 9 nitrogen and oxygen atoms in total. The van der Waals surface area contributed by atoms with Gasteiger partial charge in [-0.05, 0) is 24.1 Å². The molecule has 1 saturated heterocycles. The van der Waals surface area contributed by atoms with Gasteiger partial charge in [0.2, 0.25) is 5.95 Å². The average Bonchev–Trinajstić information content (AvgIpc) is 2.95. The van der Waals surface area contributed by atoms with Crippen LogP contribution in [0.3, 0.4) is 0 Å². The molecular weight excluding hydrogens is 468 g/mol. The van der Waals surface area contributed by atoms with Crippen LogP contribution in [0, 0.1) is 0 Å². The van der Waals surface area contributed by atoms with Gasteiger partial charge in [0, 0.05) is 50.7 Å². The third kappa shape index (κ3) is 5.17. The van der Waals surface area contributed by atoms with Crippen LogP contribution in [-0.4, -0.2) is 46.2 Å². The van der Waals surface area contributed by atoms with Gasteiger partial charge in [-0.25, -0.2) is 9.97 Å². The van der Waals surface area contributed by atoms with E-state index in [0.717, 1.165) is 49.7 Å². The molecule has 0 spiro atoms. The van der Waals surface area contributed by atoms with E-state index in [4.69, 9.17) is 0 Å². The lowest BCUT2D eigenvalue weighted by atomic mass is 10.0. The minimum absolute atomic E-state index is 0.0745. The Hall–Kier alpha value is -4.24. The van der Waals surface area contributed by atoms with E-state index >= 15 is 0 Å². The molecule has 1 atom stereocenters. The summed E-state index contributed by atoms with van der Waals surface area (Å²) in [5.74, 6) is 0.802. The van der Waals surface area contributed by atoms with Gasteiger partial charge in [0.05, 0.1) is 11.7 Å². The lowest BCUT2D eigenvalue weighted by molar-refractivity contribution is 0.246. The molecule has 1 aromatic heterocycles. The van der Waals surface area contributed by atoms with Crippen LogP contribution in [0.1, 0.15) is 30.5 Å². The quantitative estimate of drug-likeness (QED) is 0.236. The van der Waals surface area contributed by atoms with E-state index in [1.165, 1.54) is 0 Å². The molecule has 3 aromatic carbocycles. The predicted molar refractivity (Wildman–Crippen MR) is 145 cm³/mol. The largest absolute Gasteiger partial charge is 0.505 e. The number of aromatic nitrogens is 2. The van der Waals surface area contributed by atoms with E-state index in [1.54, 1.807) is 24.5 Å². The standard InChI is InChI=1S/C28H30N6O3/c1-2-21(19-8-4-3-5-9-19)31-23-24(27(37)26(23)36)32-22-11-6-10-20(25(22)35)18-33-14-16-34(17-15-33)28-29-12-7-13-30-28/h3-13,21,31-32,35H,2,14-18H2,1H3/t21-/m1/s1. The second-order valence-electron chi connectivity index (χ2n) is 9.17. The number of rotatable bonds is 9. The smallest absolute Gasteiger partial charge is 0.253 e. The van der Waals surface area contributed by atoms with Crippen LogP contribution >= 0.6 is 0 Å². The van der Waals surface area contributed by atoms with Gasteiger partial charge in [-0.1, -0.05) is 49.4 Å². The van der Waals surface area contributed by atoms with Crippen LogP contribution in [-0.2, 0) is 6.54 Å². The molecule has 2 heterocycles. The highest BCUT2D eigenvalue weighted by Crippen LogP contribution is 2.33. The summed E-state index contributed by atoms with van der Waals surface area (Å²) in [7, 11) is 0. The topological polar surface area (TPSA) is 111 Å². The number of phenols is 1. The van der Waals surface area contributed by atoms with Gasteiger partial charge in [0.25, 0.3) is 10.9 Å². The lowest BCUT2D eigenvalue weighted by Crippen LogP contribution is -2.46. The summed E-state index contributed by atoms with van der Waals surface area (Å²) in [6, 6.07) is 16.9. The van der Waals surface area contributed by atoms with Gasteiger partial charge in [0.1, 0.15) is 17.1 Å². The summed E-state index contributed by atoms with van der Waals surface area (Å²) in [6.45, 7) is 5.78. The fourth-order valence-electron chi connectivity index (χ4n) is 4.69. The van der Waals surface area contributed by atoms with Crippen LogP contribution < -0.4 is 26.4 Å². The van der Waals surface area contributed by atoms with E-state index in [2.05, 4.69) is 30.4 Å². The minimum atomic E-state index is -0.588. The first-order chi connectivity index (χ1) is 18.0. The summed E-state index contributed by atoms with van der Waals surface area (Å²) in [5.41, 5.74) is 1.48. The predicted octanol–water partition coefficient (Wildman–Crippen LogP) is 3.41. The Kier molecular flexibility index (Phi) is 7.14. The molecule has 0 saturated carbocycles. The van der Waals surface area contributed by atoms with Crippen molar-refractivity contribution < 1.29 is 5.11 Å². The van der Waals surface area contributed by atoms with Gasteiger partial charge >= 0.3 is 0 Å². The first kappa shape index (κ1) is 24.5. The van der Waals surface area contributed by atoms with E-state index in [-0.39, 0.29) is 23.2 Å². The Morgan fingerprint density at radius 3 is 2.30 bits per heavy atom. The van der Waals surface area contributed by atoms with Crippen LogP contribution in [0.5, 0.6) is 5.75 Å². The van der Waals surface area contributed by atoms with Gasteiger partial charge in [-0.15, -0.1) is 0 Å². The molecule has 0 radical (unpaired) electrons. The molecule has 37 heavy (non-hydrogen) atoms. The van der Waals surface area contributed by atoms with Crippen molar-refractivity contribution >= 4 is 23.0 Å². The zero-order chi connectivity index (χ0) is 25.8. The van der Waals surface area contributed by atoms with E-state index in [9.17, 15) is 14.7 Å². The van der Waals surface area contributed by atoms with Crippen LogP contribution in [0.4, 0.5) is 23.0 Å². The summed E-state index contributed by atoms with van der Waals surface area (Å²) in [5, 5.41) is 17.3. The first-order valence-corrected chi connectivity index (χ1v) is 12.5. The molecule has 5 rings (SSSR count). The van der Waals surface area contributed by atoms with Gasteiger partial charge in [-0.3, -0.25) is 14.5 Å². The summed E-state index contributed by atoms with van der Waals surface area (Å²) < 4.78 is 0. The van der Waals surface area contributed by atoms with Crippen molar-refractivity contribution in [1.29, 1.82) is 0 Å². The SMILES string of the molecule is CC[C@@H](Nc1c(Nc2cccc(CN3CCN(c4ncccn4)CC3)c2O)c(=O)c1=O)c1ccccc1. The highest BCUT2D eigenvalue weighted by atomic mass is 16.3. The molecule has 0 aliphatic carbocycles. The number of benzene rings is 2. The summed E-state index contributed by atoms with van der Waals surface area (Å²) >= 11 is 0. The number of anilines is 4. The maximum absolute atomic E-state index is 12.4. The van der Waals surface area contributed by atoms with E-state index in [0.29, 0.717) is 12.2 Å². The Balaban J connectivity index is 1.27. The van der Waals surface area contributed by atoms with Gasteiger partial charge in [0.15, 0.2) is 0 Å². The second-order valence-corrected chi connectivity index (χ2v) is 9.17. The molecule has 1 aliphatic heterocycles. The molecule has 0 unspecified atom stereocenters. The zero-order valence-electron chi connectivity index (χ0n) is 20.7. The third-order valence-electron chi connectivity index (χ3n) is 6.82. The van der Waals surface area contributed by atoms with Crippen molar-refractivity contribution in [3.05, 3.63) is 98.6 Å². The average molecular weight is 499 g/mol. The van der Waals surface area contributed by atoms with Gasteiger partial charge in [-0.2, -0.15) is 0 Å². The highest BCUT2D eigenvalue weighted by molar-refractivity contribution is 5.81. The Bertz CT molecular complexity index is 1410. The van der Waals surface area contributed by atoms with Crippen molar-refractivity contribution in [2.45, 2.75) is 25.9 Å². The van der Waals surface area contributed by atoms with Crippen molar-refractivity contribution in [1.82, 2.24) is 14.9 Å². The van der Waals surface area contributed by atoms with E-state index in [1.807, 2.05) is 49.4 Å². The number of piperazine rings is 1. The number of hydrogen-bond donors (Lipinski definition) is 3. The number of aromatic hydroxyl groups is 1. The molecular formula is C28H30N6O3. The number of hydrogen-bond acceptors (Lipinski definition) is 9. The number of para-hydroxylation sites is 1. The monoisotopic (exact) mass is 498 g/mol. The fourth-order valence-corrected chi connectivity index (χ4v) is 4.69. The van der Waals surface area contributed by atoms with Crippen LogP contribution in [0.25, 0.3) is 0 Å². The molecule has 0 bridgehead atoms. The van der Waals surface area contributed by atoms with E-state index < -0.39 is 10.9 Å². The highest BCUT2D eigenvalue weighted by Gasteiger charge is 2.25. The van der Waals surface area contributed by atoms with Crippen LogP contribution in [0.15, 0.2) is 76.6 Å². The number of nitrogens with one attached hydrogen (secondary N) is 2. The number of nitrogens with zero attached hydrogens (tertiary/aromatic N) is 4. The second kappa shape index (κ2) is 10.8. The normalized spacial score (nSPS) is 15.0. The molecule has 9 heteroatoms. The molecule has 1 fully saturated rings. The molecule has 4 aromatic rings. The fraction of sp³-hybridized carbons (Fsp3) is 0.286. The van der Waals surface area contributed by atoms with Gasteiger partial charge < -0.3 is 20.6 Å². The van der Waals surface area contributed by atoms with Crippen molar-refractivity contribution in [2.75, 3.05) is 41.7 Å². The zero-order valence-corrected chi connectivity index (χ0v) is 20.7. The maximum atomic E-state index is 12.4.